The zero-order valence-corrected chi connectivity index (χ0v) is 12.1. The Hall–Kier alpha value is -1.02. The first-order valence-electron chi connectivity index (χ1n) is 6.98. The Morgan fingerprint density at radius 2 is 1.44 bits per heavy atom. The van der Waals surface area contributed by atoms with E-state index in [0.717, 1.165) is 18.4 Å². The van der Waals surface area contributed by atoms with Crippen LogP contribution in [-0.2, 0) is 6.54 Å². The first-order chi connectivity index (χ1) is 8.47. The summed E-state index contributed by atoms with van der Waals surface area (Å²) in [6, 6.07) is 8.03. The average Bonchev–Trinajstić information content (AvgIpc) is 2.26. The summed E-state index contributed by atoms with van der Waals surface area (Å²) in [5.74, 6) is 1.78. The maximum Gasteiger partial charge on any atom is 0.115 e. The van der Waals surface area contributed by atoms with Gasteiger partial charge < -0.3 is 10.4 Å². The number of hydrogen-bond acceptors (Lipinski definition) is 2. The molecule has 0 spiro atoms. The van der Waals surface area contributed by atoms with Gasteiger partial charge in [-0.2, -0.15) is 0 Å². The molecule has 1 aromatic carbocycles. The van der Waals surface area contributed by atoms with E-state index in [0.29, 0.717) is 11.8 Å². The summed E-state index contributed by atoms with van der Waals surface area (Å²) in [6.07, 6.45) is 2.44. The van der Waals surface area contributed by atoms with Crippen molar-refractivity contribution in [3.63, 3.8) is 0 Å². The van der Waals surface area contributed by atoms with Crippen LogP contribution in [0.4, 0.5) is 0 Å². The SMILES string of the molecule is CC(C)CC(CC(C)C)NCc1ccc(O)cc1. The van der Waals surface area contributed by atoms with Crippen molar-refractivity contribution in [3.8, 4) is 5.75 Å². The van der Waals surface area contributed by atoms with Gasteiger partial charge in [-0.1, -0.05) is 39.8 Å². The summed E-state index contributed by atoms with van der Waals surface area (Å²) in [7, 11) is 0. The van der Waals surface area contributed by atoms with Crippen molar-refractivity contribution in [3.05, 3.63) is 29.8 Å². The van der Waals surface area contributed by atoms with Gasteiger partial charge in [0.25, 0.3) is 0 Å². The van der Waals surface area contributed by atoms with E-state index in [2.05, 4.69) is 33.0 Å². The molecule has 0 aliphatic rings. The van der Waals surface area contributed by atoms with Crippen LogP contribution >= 0.6 is 0 Å². The average molecular weight is 249 g/mol. The lowest BCUT2D eigenvalue weighted by Gasteiger charge is -2.22. The molecule has 0 aliphatic heterocycles. The molecule has 0 aliphatic carbocycles. The lowest BCUT2D eigenvalue weighted by molar-refractivity contribution is 0.358. The van der Waals surface area contributed by atoms with Crippen LogP contribution in [0.15, 0.2) is 24.3 Å². The summed E-state index contributed by atoms with van der Waals surface area (Å²) in [5, 5.41) is 12.9. The number of rotatable bonds is 7. The molecule has 102 valence electrons. The number of hydrogen-bond donors (Lipinski definition) is 2. The van der Waals surface area contributed by atoms with Crippen LogP contribution in [0, 0.1) is 11.8 Å². The molecule has 18 heavy (non-hydrogen) atoms. The second-order valence-electron chi connectivity index (χ2n) is 6.00. The highest BCUT2D eigenvalue weighted by Crippen LogP contribution is 2.15. The van der Waals surface area contributed by atoms with Crippen molar-refractivity contribution in [2.45, 2.75) is 53.1 Å². The summed E-state index contributed by atoms with van der Waals surface area (Å²) < 4.78 is 0. The molecule has 0 saturated heterocycles. The molecule has 0 amide bonds. The van der Waals surface area contributed by atoms with Crippen molar-refractivity contribution in [2.24, 2.45) is 11.8 Å². The number of phenolic OH excluding ortho intramolecular Hbond substituents is 1. The van der Waals surface area contributed by atoms with Gasteiger partial charge in [-0.3, -0.25) is 0 Å². The van der Waals surface area contributed by atoms with Crippen LogP contribution in [0.1, 0.15) is 46.1 Å². The van der Waals surface area contributed by atoms with Crippen molar-refractivity contribution < 1.29 is 5.11 Å². The topological polar surface area (TPSA) is 32.3 Å². The molecule has 2 nitrogen and oxygen atoms in total. The molecule has 2 N–H and O–H groups in total. The van der Waals surface area contributed by atoms with Crippen LogP contribution in [0.3, 0.4) is 0 Å². The van der Waals surface area contributed by atoms with Gasteiger partial charge in [-0.15, -0.1) is 0 Å². The smallest absolute Gasteiger partial charge is 0.115 e. The van der Waals surface area contributed by atoms with Gasteiger partial charge in [0, 0.05) is 12.6 Å². The molecule has 0 aromatic heterocycles. The van der Waals surface area contributed by atoms with Crippen LogP contribution in [0.2, 0.25) is 0 Å². The molecule has 0 atom stereocenters. The van der Waals surface area contributed by atoms with Gasteiger partial charge in [0.2, 0.25) is 0 Å². The Morgan fingerprint density at radius 3 is 1.89 bits per heavy atom. The number of nitrogens with one attached hydrogen (secondary N) is 1. The normalized spacial score (nSPS) is 11.7. The van der Waals surface area contributed by atoms with E-state index in [1.165, 1.54) is 18.4 Å². The summed E-state index contributed by atoms with van der Waals surface area (Å²) in [5.41, 5.74) is 1.23. The third kappa shape index (κ3) is 6.06. The Kier molecular flexibility index (Phi) is 6.20. The van der Waals surface area contributed by atoms with Crippen molar-refractivity contribution in [1.82, 2.24) is 5.32 Å². The molecule has 0 bridgehead atoms. The minimum absolute atomic E-state index is 0.333. The Morgan fingerprint density at radius 1 is 0.944 bits per heavy atom. The van der Waals surface area contributed by atoms with Crippen LogP contribution < -0.4 is 5.32 Å². The third-order valence-electron chi connectivity index (χ3n) is 3.04. The number of benzene rings is 1. The van der Waals surface area contributed by atoms with E-state index in [4.69, 9.17) is 0 Å². The van der Waals surface area contributed by atoms with E-state index >= 15 is 0 Å². The highest BCUT2D eigenvalue weighted by Gasteiger charge is 2.12. The highest BCUT2D eigenvalue weighted by molar-refractivity contribution is 5.25. The fourth-order valence-electron chi connectivity index (χ4n) is 2.28. The maximum atomic E-state index is 9.25. The maximum absolute atomic E-state index is 9.25. The second kappa shape index (κ2) is 7.42. The van der Waals surface area contributed by atoms with Gasteiger partial charge in [-0.05, 0) is 42.4 Å². The molecule has 1 aromatic rings. The number of aromatic hydroxyl groups is 1. The van der Waals surface area contributed by atoms with Crippen LogP contribution in [0.25, 0.3) is 0 Å². The van der Waals surface area contributed by atoms with Crippen LogP contribution in [0.5, 0.6) is 5.75 Å². The zero-order chi connectivity index (χ0) is 13.5. The Bertz CT molecular complexity index is 319. The monoisotopic (exact) mass is 249 g/mol. The Balaban J connectivity index is 2.47. The molecule has 2 heteroatoms. The molecule has 0 saturated carbocycles. The fourth-order valence-corrected chi connectivity index (χ4v) is 2.28. The lowest BCUT2D eigenvalue weighted by Crippen LogP contribution is -2.31. The van der Waals surface area contributed by atoms with Crippen molar-refractivity contribution >= 4 is 0 Å². The van der Waals surface area contributed by atoms with Gasteiger partial charge >= 0.3 is 0 Å². The largest absolute Gasteiger partial charge is 0.508 e. The summed E-state index contributed by atoms with van der Waals surface area (Å²) in [4.78, 5) is 0. The second-order valence-corrected chi connectivity index (χ2v) is 6.00. The zero-order valence-electron chi connectivity index (χ0n) is 12.1. The minimum atomic E-state index is 0.333. The lowest BCUT2D eigenvalue weighted by atomic mass is 9.95. The first kappa shape index (κ1) is 15.0. The Labute approximate surface area is 111 Å². The van der Waals surface area contributed by atoms with E-state index < -0.39 is 0 Å². The molecule has 1 rings (SSSR count). The molecular formula is C16H27NO. The van der Waals surface area contributed by atoms with E-state index in [1.807, 2.05) is 12.1 Å². The van der Waals surface area contributed by atoms with Gasteiger partial charge in [0.05, 0.1) is 0 Å². The van der Waals surface area contributed by atoms with Crippen molar-refractivity contribution in [1.29, 1.82) is 0 Å². The van der Waals surface area contributed by atoms with Gasteiger partial charge in [-0.25, -0.2) is 0 Å². The molecule has 0 unspecified atom stereocenters. The standard InChI is InChI=1S/C16H27NO/c1-12(2)9-15(10-13(3)4)17-11-14-5-7-16(18)8-6-14/h5-8,12-13,15,17-18H,9-11H2,1-4H3. The van der Waals surface area contributed by atoms with Crippen LogP contribution in [-0.4, -0.2) is 11.1 Å². The molecular weight excluding hydrogens is 222 g/mol. The van der Waals surface area contributed by atoms with Crippen molar-refractivity contribution in [2.75, 3.05) is 0 Å². The summed E-state index contributed by atoms with van der Waals surface area (Å²) >= 11 is 0. The van der Waals surface area contributed by atoms with E-state index in [-0.39, 0.29) is 0 Å². The third-order valence-corrected chi connectivity index (χ3v) is 3.04. The van der Waals surface area contributed by atoms with Gasteiger partial charge in [0.1, 0.15) is 5.75 Å². The van der Waals surface area contributed by atoms with Gasteiger partial charge in [0.15, 0.2) is 0 Å². The van der Waals surface area contributed by atoms with E-state index in [9.17, 15) is 5.11 Å². The number of phenols is 1. The first-order valence-corrected chi connectivity index (χ1v) is 6.98. The predicted molar refractivity (Wildman–Crippen MR) is 77.6 cm³/mol. The van der Waals surface area contributed by atoms with E-state index in [1.54, 1.807) is 12.1 Å². The quantitative estimate of drug-likeness (QED) is 0.767. The molecule has 0 heterocycles. The highest BCUT2D eigenvalue weighted by atomic mass is 16.3. The molecule has 0 radical (unpaired) electrons. The molecule has 0 fully saturated rings. The fraction of sp³-hybridized carbons (Fsp3) is 0.625. The minimum Gasteiger partial charge on any atom is -0.508 e. The predicted octanol–water partition coefficient (Wildman–Crippen LogP) is 3.94. The summed E-state index contributed by atoms with van der Waals surface area (Å²) in [6.45, 7) is 9.97.